The van der Waals surface area contributed by atoms with Gasteiger partial charge in [0.05, 0.1) is 10.6 Å². The SMILES string of the molecule is CCS(=O)(=O)c1ccc(C2=CCC(c3[nH]c(=O)[nH]c(=O)c3Cc3ccccc3)CC2)c(Cl)c1. The molecule has 1 heterocycles. The fourth-order valence-electron chi connectivity index (χ4n) is 4.31. The summed E-state index contributed by atoms with van der Waals surface area (Å²) in [5.74, 6) is 0.0215. The van der Waals surface area contributed by atoms with Gasteiger partial charge in [-0.05, 0) is 48.1 Å². The number of aromatic amines is 2. The van der Waals surface area contributed by atoms with Crippen LogP contribution in [-0.2, 0) is 16.3 Å². The van der Waals surface area contributed by atoms with Gasteiger partial charge in [0.25, 0.3) is 5.56 Å². The van der Waals surface area contributed by atoms with Crippen LogP contribution in [-0.4, -0.2) is 24.1 Å². The summed E-state index contributed by atoms with van der Waals surface area (Å²) >= 11 is 6.44. The smallest absolute Gasteiger partial charge is 0.311 e. The van der Waals surface area contributed by atoms with E-state index in [2.05, 4.69) is 16.0 Å². The quantitative estimate of drug-likeness (QED) is 0.539. The molecule has 1 unspecified atom stereocenters. The number of hydrogen-bond acceptors (Lipinski definition) is 4. The molecule has 6 nitrogen and oxygen atoms in total. The summed E-state index contributed by atoms with van der Waals surface area (Å²) in [6.45, 7) is 1.60. The van der Waals surface area contributed by atoms with Gasteiger partial charge in [0.2, 0.25) is 0 Å². The number of hydrogen-bond donors (Lipinski definition) is 2. The lowest BCUT2D eigenvalue weighted by atomic mass is 9.83. The number of sulfone groups is 1. The molecule has 0 bridgehead atoms. The van der Waals surface area contributed by atoms with Gasteiger partial charge in [0.15, 0.2) is 9.84 Å². The summed E-state index contributed by atoms with van der Waals surface area (Å²) < 4.78 is 24.3. The number of aromatic nitrogens is 2. The predicted molar refractivity (Wildman–Crippen MR) is 131 cm³/mol. The van der Waals surface area contributed by atoms with Gasteiger partial charge in [-0.25, -0.2) is 13.2 Å². The summed E-state index contributed by atoms with van der Waals surface area (Å²) in [4.78, 5) is 30.1. The highest BCUT2D eigenvalue weighted by Gasteiger charge is 2.24. The minimum atomic E-state index is -3.32. The second kappa shape index (κ2) is 9.53. The number of H-pyrrole nitrogens is 2. The Bertz CT molecular complexity index is 1420. The molecule has 1 aromatic heterocycles. The molecule has 0 saturated carbocycles. The second-order valence-electron chi connectivity index (χ2n) is 8.21. The van der Waals surface area contributed by atoms with Crippen molar-refractivity contribution >= 4 is 27.0 Å². The highest BCUT2D eigenvalue weighted by Crippen LogP contribution is 2.38. The minimum absolute atomic E-state index is 0.000908. The van der Waals surface area contributed by atoms with Crippen LogP contribution in [0.5, 0.6) is 0 Å². The summed E-state index contributed by atoms with van der Waals surface area (Å²) in [6.07, 6.45) is 4.58. The molecular formula is C25H25ClN2O4S. The Labute approximate surface area is 197 Å². The molecule has 2 N–H and O–H groups in total. The fourth-order valence-corrected chi connectivity index (χ4v) is 5.58. The molecule has 1 aliphatic carbocycles. The third-order valence-corrected chi connectivity index (χ3v) is 8.19. The predicted octanol–water partition coefficient (Wildman–Crippen LogP) is 4.45. The average Bonchev–Trinajstić information content (AvgIpc) is 2.81. The van der Waals surface area contributed by atoms with Gasteiger partial charge >= 0.3 is 5.69 Å². The van der Waals surface area contributed by atoms with Crippen molar-refractivity contribution in [1.82, 2.24) is 9.97 Å². The molecule has 0 radical (unpaired) electrons. The zero-order valence-electron chi connectivity index (χ0n) is 18.2. The van der Waals surface area contributed by atoms with E-state index >= 15 is 0 Å². The molecule has 0 amide bonds. The standard InChI is InChI=1S/C25H25ClN2O4S/c1-2-33(31,32)19-12-13-20(22(26)15-19)17-8-10-18(11-9-17)23-21(24(29)28-25(30)27-23)14-16-6-4-3-5-7-16/h3-8,12-13,15,18H,2,9-11,14H2,1H3,(H2,27,28,29,30). The van der Waals surface area contributed by atoms with Crippen molar-refractivity contribution in [3.8, 4) is 0 Å². The largest absolute Gasteiger partial charge is 0.325 e. The first-order valence-corrected chi connectivity index (χ1v) is 12.9. The van der Waals surface area contributed by atoms with Crippen molar-refractivity contribution in [3.05, 3.63) is 103 Å². The van der Waals surface area contributed by atoms with E-state index in [1.807, 2.05) is 30.3 Å². The third-order valence-electron chi connectivity index (χ3n) is 6.14. The van der Waals surface area contributed by atoms with Gasteiger partial charge in [0, 0.05) is 28.6 Å². The van der Waals surface area contributed by atoms with E-state index in [-0.39, 0.29) is 22.1 Å². The lowest BCUT2D eigenvalue weighted by Crippen LogP contribution is -2.30. The van der Waals surface area contributed by atoms with Gasteiger partial charge in [-0.1, -0.05) is 61.0 Å². The number of benzene rings is 2. The Morgan fingerprint density at radius 1 is 1.06 bits per heavy atom. The third kappa shape index (κ3) is 5.04. The van der Waals surface area contributed by atoms with Gasteiger partial charge in [-0.2, -0.15) is 0 Å². The maximum Gasteiger partial charge on any atom is 0.325 e. The molecule has 1 aliphatic rings. The first-order chi connectivity index (χ1) is 15.8. The second-order valence-corrected chi connectivity index (χ2v) is 10.9. The fraction of sp³-hybridized carbons (Fsp3) is 0.280. The number of halogens is 1. The lowest BCUT2D eigenvalue weighted by molar-refractivity contribution is 0.595. The van der Waals surface area contributed by atoms with Crippen LogP contribution < -0.4 is 11.2 Å². The van der Waals surface area contributed by atoms with Crippen LogP contribution in [0.3, 0.4) is 0 Å². The molecule has 0 aliphatic heterocycles. The van der Waals surface area contributed by atoms with Gasteiger partial charge < -0.3 is 4.98 Å². The minimum Gasteiger partial charge on any atom is -0.311 e. The summed E-state index contributed by atoms with van der Waals surface area (Å²) in [5, 5.41) is 0.406. The normalized spacial score (nSPS) is 16.4. The van der Waals surface area contributed by atoms with Crippen molar-refractivity contribution in [2.24, 2.45) is 0 Å². The Hall–Kier alpha value is -2.90. The molecule has 0 spiro atoms. The van der Waals surface area contributed by atoms with Gasteiger partial charge in [-0.3, -0.25) is 9.78 Å². The highest BCUT2D eigenvalue weighted by atomic mass is 35.5. The average molecular weight is 485 g/mol. The van der Waals surface area contributed by atoms with E-state index in [1.54, 1.807) is 19.1 Å². The maximum atomic E-state index is 12.6. The van der Waals surface area contributed by atoms with Crippen LogP contribution in [0.25, 0.3) is 5.57 Å². The molecule has 2 aromatic carbocycles. The van der Waals surface area contributed by atoms with Crippen LogP contribution >= 0.6 is 11.6 Å². The van der Waals surface area contributed by atoms with E-state index in [9.17, 15) is 18.0 Å². The first kappa shape index (κ1) is 23.3. The van der Waals surface area contributed by atoms with Crippen molar-refractivity contribution in [1.29, 1.82) is 0 Å². The molecule has 0 fully saturated rings. The molecule has 4 rings (SSSR count). The topological polar surface area (TPSA) is 99.9 Å². The Morgan fingerprint density at radius 2 is 1.82 bits per heavy atom. The Balaban J connectivity index is 1.62. The molecule has 8 heteroatoms. The van der Waals surface area contributed by atoms with Gasteiger partial charge in [-0.15, -0.1) is 0 Å². The zero-order valence-corrected chi connectivity index (χ0v) is 19.8. The van der Waals surface area contributed by atoms with E-state index in [4.69, 9.17) is 11.6 Å². The molecule has 0 saturated heterocycles. The summed E-state index contributed by atoms with van der Waals surface area (Å²) in [7, 11) is -3.32. The van der Waals surface area contributed by atoms with Crippen LogP contribution in [0.15, 0.2) is 69.1 Å². The van der Waals surface area contributed by atoms with Crippen molar-refractivity contribution in [2.75, 3.05) is 5.75 Å². The monoisotopic (exact) mass is 484 g/mol. The van der Waals surface area contributed by atoms with Crippen molar-refractivity contribution in [2.45, 2.75) is 43.4 Å². The number of allylic oxidation sites excluding steroid dienone is 2. The number of nitrogens with one attached hydrogen (secondary N) is 2. The molecule has 33 heavy (non-hydrogen) atoms. The summed E-state index contributed by atoms with van der Waals surface area (Å²) in [6, 6.07) is 14.5. The van der Waals surface area contributed by atoms with Crippen LogP contribution in [0.4, 0.5) is 0 Å². The van der Waals surface area contributed by atoms with E-state index in [1.165, 1.54) is 6.07 Å². The van der Waals surface area contributed by atoms with Crippen LogP contribution in [0.2, 0.25) is 5.02 Å². The zero-order chi connectivity index (χ0) is 23.6. The Kier molecular flexibility index (Phi) is 6.72. The van der Waals surface area contributed by atoms with E-state index in [0.29, 0.717) is 35.5 Å². The molecule has 3 aromatic rings. The Morgan fingerprint density at radius 3 is 2.45 bits per heavy atom. The molecule has 1 atom stereocenters. The first-order valence-electron chi connectivity index (χ1n) is 10.9. The van der Waals surface area contributed by atoms with Crippen LogP contribution in [0.1, 0.15) is 54.5 Å². The number of rotatable bonds is 6. The molecular weight excluding hydrogens is 460 g/mol. The summed E-state index contributed by atoms with van der Waals surface area (Å²) in [5.41, 5.74) is 3.24. The maximum absolute atomic E-state index is 12.6. The van der Waals surface area contributed by atoms with E-state index < -0.39 is 15.5 Å². The lowest BCUT2D eigenvalue weighted by Gasteiger charge is -2.24. The van der Waals surface area contributed by atoms with Crippen LogP contribution in [0, 0.1) is 0 Å². The van der Waals surface area contributed by atoms with E-state index in [0.717, 1.165) is 23.1 Å². The van der Waals surface area contributed by atoms with Crippen molar-refractivity contribution < 1.29 is 8.42 Å². The molecule has 172 valence electrons. The highest BCUT2D eigenvalue weighted by molar-refractivity contribution is 7.91. The van der Waals surface area contributed by atoms with Gasteiger partial charge in [0.1, 0.15) is 0 Å². The van der Waals surface area contributed by atoms with Crippen molar-refractivity contribution in [3.63, 3.8) is 0 Å².